The normalized spacial score (nSPS) is 12.1. The van der Waals surface area contributed by atoms with Crippen molar-refractivity contribution in [3.05, 3.63) is 59.2 Å². The van der Waals surface area contributed by atoms with Gasteiger partial charge in [-0.05, 0) is 48.0 Å². The van der Waals surface area contributed by atoms with E-state index in [0.29, 0.717) is 16.9 Å². The summed E-state index contributed by atoms with van der Waals surface area (Å²) in [6, 6.07) is 11.0. The molecule has 1 heterocycles. The van der Waals surface area contributed by atoms with Crippen LogP contribution in [0.25, 0.3) is 0 Å². The molecule has 3 amide bonds. The number of amides is 3. The highest BCUT2D eigenvalue weighted by atomic mass is 16.4. The number of hydrogen-bond donors (Lipinski definition) is 4. The third-order valence-corrected chi connectivity index (χ3v) is 3.80. The van der Waals surface area contributed by atoms with Crippen molar-refractivity contribution >= 4 is 35.1 Å². The largest absolute Gasteiger partial charge is 0.480 e. The first-order valence-corrected chi connectivity index (χ1v) is 7.76. The average Bonchev–Trinajstić information content (AvgIpc) is 2.99. The predicted octanol–water partition coefficient (Wildman–Crippen LogP) is 1.25. The van der Waals surface area contributed by atoms with E-state index in [4.69, 9.17) is 5.11 Å². The fourth-order valence-corrected chi connectivity index (χ4v) is 2.54. The summed E-state index contributed by atoms with van der Waals surface area (Å²) in [5.41, 5.74) is 2.67. The van der Waals surface area contributed by atoms with Crippen LogP contribution < -0.4 is 16.0 Å². The van der Waals surface area contributed by atoms with Gasteiger partial charge in [0.15, 0.2) is 0 Å². The summed E-state index contributed by atoms with van der Waals surface area (Å²) in [6.45, 7) is -0.465. The number of fused-ring (bicyclic) bond motifs is 1. The van der Waals surface area contributed by atoms with Gasteiger partial charge in [0, 0.05) is 22.5 Å². The van der Waals surface area contributed by atoms with Crippen LogP contribution in [-0.2, 0) is 16.0 Å². The Labute approximate surface area is 148 Å². The molecule has 4 N–H and O–H groups in total. The number of benzene rings is 2. The van der Waals surface area contributed by atoms with E-state index in [1.165, 1.54) is 12.1 Å². The van der Waals surface area contributed by atoms with Gasteiger partial charge in [0.05, 0.1) is 6.42 Å². The summed E-state index contributed by atoms with van der Waals surface area (Å²) >= 11 is 0. The van der Waals surface area contributed by atoms with Gasteiger partial charge in [-0.25, -0.2) is 0 Å². The summed E-state index contributed by atoms with van der Waals surface area (Å²) in [5, 5.41) is 16.2. The third kappa shape index (κ3) is 3.86. The maximum Gasteiger partial charge on any atom is 0.322 e. The van der Waals surface area contributed by atoms with Crippen LogP contribution in [-0.4, -0.2) is 35.3 Å². The van der Waals surface area contributed by atoms with Gasteiger partial charge in [-0.15, -0.1) is 0 Å². The van der Waals surface area contributed by atoms with Gasteiger partial charge in [-0.2, -0.15) is 0 Å². The number of hydrogen-bond acceptors (Lipinski definition) is 4. The molecule has 2 aromatic rings. The van der Waals surface area contributed by atoms with Gasteiger partial charge < -0.3 is 21.1 Å². The van der Waals surface area contributed by atoms with E-state index in [1.54, 1.807) is 30.3 Å². The molecule has 8 nitrogen and oxygen atoms in total. The molecule has 1 aliphatic rings. The molecule has 1 aliphatic heterocycles. The molecule has 2 aromatic carbocycles. The van der Waals surface area contributed by atoms with Crippen LogP contribution in [0.3, 0.4) is 0 Å². The molecule has 8 heteroatoms. The summed E-state index contributed by atoms with van der Waals surface area (Å²) in [5.74, 6) is -2.08. The van der Waals surface area contributed by atoms with E-state index in [9.17, 15) is 19.2 Å². The molecule has 0 bridgehead atoms. The van der Waals surface area contributed by atoms with Crippen LogP contribution in [0.2, 0.25) is 0 Å². The molecule has 0 atom stereocenters. The minimum atomic E-state index is -1.13. The first-order chi connectivity index (χ1) is 12.4. The van der Waals surface area contributed by atoms with E-state index < -0.39 is 18.4 Å². The SMILES string of the molecule is O=C(O)CNC(=O)c1ccc(NC(=O)c2ccc3c(c2)CC(=O)N3)cc1. The summed E-state index contributed by atoms with van der Waals surface area (Å²) in [7, 11) is 0. The van der Waals surface area contributed by atoms with Crippen LogP contribution in [0.1, 0.15) is 26.3 Å². The van der Waals surface area contributed by atoms with Gasteiger partial charge >= 0.3 is 5.97 Å². The molecule has 0 fully saturated rings. The highest BCUT2D eigenvalue weighted by molar-refractivity contribution is 6.06. The van der Waals surface area contributed by atoms with E-state index in [1.807, 2.05) is 0 Å². The maximum absolute atomic E-state index is 12.3. The Balaban J connectivity index is 1.65. The zero-order valence-corrected chi connectivity index (χ0v) is 13.5. The highest BCUT2D eigenvalue weighted by Gasteiger charge is 2.19. The highest BCUT2D eigenvalue weighted by Crippen LogP contribution is 2.24. The van der Waals surface area contributed by atoms with Gasteiger partial charge in [0.2, 0.25) is 5.91 Å². The lowest BCUT2D eigenvalue weighted by molar-refractivity contribution is -0.135. The molecule has 0 aromatic heterocycles. The molecular formula is C18H15N3O5. The number of carboxylic acid groups (broad SMARTS) is 1. The molecule has 132 valence electrons. The third-order valence-electron chi connectivity index (χ3n) is 3.80. The second kappa shape index (κ2) is 7.06. The Kier molecular flexibility index (Phi) is 4.66. The van der Waals surface area contributed by atoms with Crippen LogP contribution in [0.4, 0.5) is 11.4 Å². The van der Waals surface area contributed by atoms with E-state index in [2.05, 4.69) is 16.0 Å². The molecular weight excluding hydrogens is 338 g/mol. The molecule has 0 radical (unpaired) electrons. The topological polar surface area (TPSA) is 125 Å². The number of carboxylic acids is 1. The van der Waals surface area contributed by atoms with Crippen molar-refractivity contribution < 1.29 is 24.3 Å². The molecule has 0 aliphatic carbocycles. The van der Waals surface area contributed by atoms with Crippen molar-refractivity contribution in [2.45, 2.75) is 6.42 Å². The van der Waals surface area contributed by atoms with E-state index >= 15 is 0 Å². The van der Waals surface area contributed by atoms with Gasteiger partial charge in [-0.1, -0.05) is 0 Å². The van der Waals surface area contributed by atoms with Crippen molar-refractivity contribution in [1.29, 1.82) is 0 Å². The van der Waals surface area contributed by atoms with Crippen molar-refractivity contribution in [1.82, 2.24) is 5.32 Å². The molecule has 26 heavy (non-hydrogen) atoms. The minimum Gasteiger partial charge on any atom is -0.480 e. The molecule has 0 unspecified atom stereocenters. The number of carbonyl (C=O) groups is 4. The standard InChI is InChI=1S/C18H15N3O5/c22-15-8-12-7-11(3-6-14(12)21-15)18(26)20-13-4-1-10(2-5-13)17(25)19-9-16(23)24/h1-7H,8-9H2,(H,19,25)(H,20,26)(H,21,22)(H,23,24). The summed E-state index contributed by atoms with van der Waals surface area (Å²) < 4.78 is 0. The molecule has 0 saturated carbocycles. The van der Waals surface area contributed by atoms with Crippen LogP contribution in [0.15, 0.2) is 42.5 Å². The molecule has 3 rings (SSSR count). The van der Waals surface area contributed by atoms with Gasteiger partial charge in [-0.3, -0.25) is 19.2 Å². The average molecular weight is 353 g/mol. The lowest BCUT2D eigenvalue weighted by Gasteiger charge is -2.08. The van der Waals surface area contributed by atoms with Crippen LogP contribution in [0, 0.1) is 0 Å². The number of aliphatic carboxylic acids is 1. The molecule has 0 saturated heterocycles. The van der Waals surface area contributed by atoms with Crippen molar-refractivity contribution in [3.8, 4) is 0 Å². The number of nitrogens with one attached hydrogen (secondary N) is 3. The van der Waals surface area contributed by atoms with Crippen LogP contribution >= 0.6 is 0 Å². The summed E-state index contributed by atoms with van der Waals surface area (Å²) in [6.07, 6.45) is 0.247. The number of rotatable bonds is 5. The fourth-order valence-electron chi connectivity index (χ4n) is 2.54. The van der Waals surface area contributed by atoms with E-state index in [0.717, 1.165) is 5.56 Å². The van der Waals surface area contributed by atoms with Gasteiger partial charge in [0.1, 0.15) is 6.54 Å². The Bertz CT molecular complexity index is 906. The summed E-state index contributed by atoms with van der Waals surface area (Å²) in [4.78, 5) is 45.9. The number of anilines is 2. The first-order valence-electron chi connectivity index (χ1n) is 7.76. The lowest BCUT2D eigenvalue weighted by atomic mass is 10.1. The van der Waals surface area contributed by atoms with Crippen molar-refractivity contribution in [2.24, 2.45) is 0 Å². The minimum absolute atomic E-state index is 0.102. The smallest absolute Gasteiger partial charge is 0.322 e. The second-order valence-corrected chi connectivity index (χ2v) is 5.70. The predicted molar refractivity (Wildman–Crippen MR) is 93.1 cm³/mol. The van der Waals surface area contributed by atoms with Gasteiger partial charge in [0.25, 0.3) is 11.8 Å². The zero-order chi connectivity index (χ0) is 18.7. The maximum atomic E-state index is 12.3. The lowest BCUT2D eigenvalue weighted by Crippen LogP contribution is -2.29. The van der Waals surface area contributed by atoms with Crippen LogP contribution in [0.5, 0.6) is 0 Å². The second-order valence-electron chi connectivity index (χ2n) is 5.70. The number of carbonyl (C=O) groups excluding carboxylic acids is 3. The Morgan fingerprint density at radius 3 is 2.38 bits per heavy atom. The Hall–Kier alpha value is -3.68. The Morgan fingerprint density at radius 2 is 1.69 bits per heavy atom. The monoisotopic (exact) mass is 353 g/mol. The first kappa shape index (κ1) is 17.2. The van der Waals surface area contributed by atoms with Crippen molar-refractivity contribution in [2.75, 3.05) is 17.2 Å². The fraction of sp³-hybridized carbons (Fsp3) is 0.111. The van der Waals surface area contributed by atoms with Crippen molar-refractivity contribution in [3.63, 3.8) is 0 Å². The van der Waals surface area contributed by atoms with E-state index in [-0.39, 0.29) is 23.8 Å². The molecule has 0 spiro atoms. The zero-order valence-electron chi connectivity index (χ0n) is 13.5. The quantitative estimate of drug-likeness (QED) is 0.644. The Morgan fingerprint density at radius 1 is 1.00 bits per heavy atom.